The number of alkyl halides is 2. The first-order chi connectivity index (χ1) is 19.1. The minimum absolute atomic E-state index is 0.0269. The van der Waals surface area contributed by atoms with E-state index in [-0.39, 0.29) is 55.4 Å². The number of halogens is 2. The summed E-state index contributed by atoms with van der Waals surface area (Å²) in [5.74, 6) is -2.54. The molecule has 2 aliphatic rings. The molecule has 9 nitrogen and oxygen atoms in total. The number of aromatic nitrogens is 5. The van der Waals surface area contributed by atoms with E-state index in [0.29, 0.717) is 35.9 Å². The van der Waals surface area contributed by atoms with E-state index in [4.69, 9.17) is 4.98 Å². The van der Waals surface area contributed by atoms with E-state index >= 15 is 0 Å². The second-order valence-corrected chi connectivity index (χ2v) is 11.8. The summed E-state index contributed by atoms with van der Waals surface area (Å²) in [6.45, 7) is 6.48. The molecule has 3 aromatic rings. The summed E-state index contributed by atoms with van der Waals surface area (Å²) in [6, 6.07) is 2.90. The van der Waals surface area contributed by atoms with E-state index in [2.05, 4.69) is 20.8 Å². The summed E-state index contributed by atoms with van der Waals surface area (Å²) in [4.78, 5) is 30.8. The average molecular weight is 556 g/mol. The van der Waals surface area contributed by atoms with Crippen LogP contribution < -0.4 is 10.6 Å². The SMILES string of the molecule is CCn1nccc1C(=O)N[C@H](c1cn2ncc([C@H](NC(=O)CC(C)C)C3CCC3)cc2n1)C1CCC(F)(F)CC1. The zero-order valence-electron chi connectivity index (χ0n) is 23.4. The summed E-state index contributed by atoms with van der Waals surface area (Å²) < 4.78 is 31.3. The Bertz CT molecular complexity index is 1340. The molecule has 0 radical (unpaired) electrons. The number of carbonyl (C=O) groups excluding carboxylic acids is 2. The Morgan fingerprint density at radius 2 is 1.80 bits per heavy atom. The summed E-state index contributed by atoms with van der Waals surface area (Å²) >= 11 is 0. The van der Waals surface area contributed by atoms with Crippen molar-refractivity contribution < 1.29 is 18.4 Å². The maximum Gasteiger partial charge on any atom is 0.270 e. The molecule has 0 aromatic carbocycles. The molecule has 2 atom stereocenters. The lowest BCUT2D eigenvalue weighted by Crippen LogP contribution is -2.38. The monoisotopic (exact) mass is 555 g/mol. The van der Waals surface area contributed by atoms with Crippen molar-refractivity contribution in [1.29, 1.82) is 0 Å². The molecule has 11 heteroatoms. The number of hydrogen-bond acceptors (Lipinski definition) is 5. The van der Waals surface area contributed by atoms with E-state index < -0.39 is 12.0 Å². The lowest BCUT2D eigenvalue weighted by atomic mass is 9.77. The van der Waals surface area contributed by atoms with Gasteiger partial charge in [-0.3, -0.25) is 14.3 Å². The molecule has 2 amide bonds. The molecule has 2 fully saturated rings. The van der Waals surface area contributed by atoms with Gasteiger partial charge in [-0.05, 0) is 68.1 Å². The van der Waals surface area contributed by atoms with E-state index in [9.17, 15) is 18.4 Å². The van der Waals surface area contributed by atoms with Gasteiger partial charge in [0.05, 0.1) is 30.2 Å². The zero-order valence-corrected chi connectivity index (χ0v) is 23.4. The lowest BCUT2D eigenvalue weighted by Gasteiger charge is -2.34. The van der Waals surface area contributed by atoms with Crippen LogP contribution in [0, 0.1) is 17.8 Å². The largest absolute Gasteiger partial charge is 0.349 e. The van der Waals surface area contributed by atoms with Gasteiger partial charge in [0.1, 0.15) is 5.69 Å². The summed E-state index contributed by atoms with van der Waals surface area (Å²) in [6.07, 6.45) is 8.94. The van der Waals surface area contributed by atoms with Crippen LogP contribution in [0.25, 0.3) is 5.65 Å². The number of nitrogens with zero attached hydrogens (tertiary/aromatic N) is 5. The Balaban J connectivity index is 1.43. The van der Waals surface area contributed by atoms with Crippen LogP contribution in [0.5, 0.6) is 0 Å². The van der Waals surface area contributed by atoms with Gasteiger partial charge in [-0.2, -0.15) is 10.2 Å². The van der Waals surface area contributed by atoms with Crippen LogP contribution in [0.1, 0.15) is 106 Å². The third-order valence-electron chi connectivity index (χ3n) is 8.34. The topological polar surface area (TPSA) is 106 Å². The minimum Gasteiger partial charge on any atom is -0.349 e. The highest BCUT2D eigenvalue weighted by atomic mass is 19.3. The normalized spacial score (nSPS) is 19.4. The zero-order chi connectivity index (χ0) is 28.4. The fraction of sp³-hybridized carbons (Fsp3) is 0.621. The molecule has 2 saturated carbocycles. The molecule has 2 N–H and O–H groups in total. The first kappa shape index (κ1) is 28.2. The van der Waals surface area contributed by atoms with Crippen molar-refractivity contribution in [2.75, 3.05) is 0 Å². The fourth-order valence-electron chi connectivity index (χ4n) is 5.90. The van der Waals surface area contributed by atoms with Crippen LogP contribution in [0.3, 0.4) is 0 Å². The Kier molecular flexibility index (Phi) is 8.19. The van der Waals surface area contributed by atoms with Gasteiger partial charge in [0, 0.05) is 32.0 Å². The van der Waals surface area contributed by atoms with Crippen LogP contribution in [-0.4, -0.2) is 42.1 Å². The van der Waals surface area contributed by atoms with Crippen LogP contribution in [0.15, 0.2) is 30.7 Å². The summed E-state index contributed by atoms with van der Waals surface area (Å²) in [5, 5.41) is 15.1. The van der Waals surface area contributed by atoms with Crippen molar-refractivity contribution in [3.8, 4) is 0 Å². The molecule has 0 saturated heterocycles. The number of carbonyl (C=O) groups is 2. The Morgan fingerprint density at radius 3 is 2.45 bits per heavy atom. The van der Waals surface area contributed by atoms with Crippen LogP contribution >= 0.6 is 0 Å². The number of rotatable bonds is 10. The summed E-state index contributed by atoms with van der Waals surface area (Å²) in [7, 11) is 0. The smallest absolute Gasteiger partial charge is 0.270 e. The number of amides is 2. The van der Waals surface area contributed by atoms with Gasteiger partial charge in [0.15, 0.2) is 5.65 Å². The van der Waals surface area contributed by atoms with E-state index in [1.807, 2.05) is 26.8 Å². The highest BCUT2D eigenvalue weighted by molar-refractivity contribution is 5.92. The molecule has 2 aliphatic carbocycles. The second kappa shape index (κ2) is 11.6. The predicted molar refractivity (Wildman–Crippen MR) is 146 cm³/mol. The number of aryl methyl sites for hydroxylation is 1. The number of imidazole rings is 1. The van der Waals surface area contributed by atoms with Gasteiger partial charge in [0.25, 0.3) is 5.91 Å². The average Bonchev–Trinajstić information content (AvgIpc) is 3.52. The number of nitrogens with one attached hydrogen (secondary N) is 2. The molecule has 5 rings (SSSR count). The number of hydrogen-bond donors (Lipinski definition) is 2. The highest BCUT2D eigenvalue weighted by Crippen LogP contribution is 2.42. The van der Waals surface area contributed by atoms with Crippen molar-refractivity contribution in [1.82, 2.24) is 35.0 Å². The van der Waals surface area contributed by atoms with Gasteiger partial charge < -0.3 is 10.6 Å². The van der Waals surface area contributed by atoms with Crippen molar-refractivity contribution in [3.63, 3.8) is 0 Å². The van der Waals surface area contributed by atoms with Gasteiger partial charge in [-0.25, -0.2) is 18.3 Å². The quantitative estimate of drug-likeness (QED) is 0.356. The molecule has 0 bridgehead atoms. The molecule has 40 heavy (non-hydrogen) atoms. The van der Waals surface area contributed by atoms with Gasteiger partial charge in [0.2, 0.25) is 11.8 Å². The van der Waals surface area contributed by atoms with Gasteiger partial charge in [-0.1, -0.05) is 20.3 Å². The first-order valence-electron chi connectivity index (χ1n) is 14.5. The van der Waals surface area contributed by atoms with Crippen LogP contribution in [0.4, 0.5) is 8.78 Å². The van der Waals surface area contributed by atoms with E-state index in [1.165, 1.54) is 0 Å². The third kappa shape index (κ3) is 6.18. The van der Waals surface area contributed by atoms with Gasteiger partial charge >= 0.3 is 0 Å². The van der Waals surface area contributed by atoms with E-state index in [1.54, 1.807) is 33.9 Å². The molecule has 3 heterocycles. The fourth-order valence-corrected chi connectivity index (χ4v) is 5.90. The molecule has 3 aromatic heterocycles. The van der Waals surface area contributed by atoms with Crippen LogP contribution in [0.2, 0.25) is 0 Å². The van der Waals surface area contributed by atoms with Crippen molar-refractivity contribution >= 4 is 17.5 Å². The van der Waals surface area contributed by atoms with Crippen molar-refractivity contribution in [3.05, 3.63) is 47.7 Å². The standard InChI is InChI=1S/C29H39F2N7O2/c1-4-37-23(10-13-32-37)28(40)36-27(20-8-11-29(30,31)12-9-20)22-17-38-24(34-22)15-21(16-33-38)26(19-6-5-7-19)35-25(39)14-18(2)3/h10,13,15-20,26-27H,4-9,11-12,14H2,1-3H3,(H,35,39)(H,36,40)/t26-,27+/m1/s1. The maximum absolute atomic E-state index is 14.0. The minimum atomic E-state index is -2.68. The third-order valence-corrected chi connectivity index (χ3v) is 8.34. The molecular weight excluding hydrogens is 516 g/mol. The Labute approximate surface area is 233 Å². The Hall–Kier alpha value is -3.37. The number of fused-ring (bicyclic) bond motifs is 1. The lowest BCUT2D eigenvalue weighted by molar-refractivity contribution is -0.123. The maximum atomic E-state index is 14.0. The Morgan fingerprint density at radius 1 is 1.07 bits per heavy atom. The molecule has 0 aliphatic heterocycles. The van der Waals surface area contributed by atoms with Gasteiger partial charge in [-0.15, -0.1) is 0 Å². The summed E-state index contributed by atoms with van der Waals surface area (Å²) in [5.41, 5.74) is 2.49. The molecule has 0 spiro atoms. The van der Waals surface area contributed by atoms with Crippen LogP contribution in [-0.2, 0) is 11.3 Å². The van der Waals surface area contributed by atoms with Crippen molar-refractivity contribution in [2.24, 2.45) is 17.8 Å². The predicted octanol–water partition coefficient (Wildman–Crippen LogP) is 5.25. The highest BCUT2D eigenvalue weighted by Gasteiger charge is 2.39. The second-order valence-electron chi connectivity index (χ2n) is 11.8. The first-order valence-corrected chi connectivity index (χ1v) is 14.5. The van der Waals surface area contributed by atoms with Crippen molar-refractivity contribution in [2.45, 2.75) is 96.7 Å². The van der Waals surface area contributed by atoms with E-state index in [0.717, 1.165) is 24.8 Å². The molecule has 216 valence electrons. The molecule has 0 unspecified atom stereocenters. The molecular formula is C29H39F2N7O2.